The summed E-state index contributed by atoms with van der Waals surface area (Å²) in [5.41, 5.74) is 0.343. The molecule has 0 amide bonds. The van der Waals surface area contributed by atoms with Gasteiger partial charge in [-0.05, 0) is 25.5 Å². The number of likely N-dealkylation sites (tertiary alicyclic amines) is 1. The molecular weight excluding hydrogens is 259 g/mol. The quantitative estimate of drug-likeness (QED) is 0.894. The summed E-state index contributed by atoms with van der Waals surface area (Å²) < 4.78 is 13.7. The fourth-order valence-electron chi connectivity index (χ4n) is 2.80. The first-order valence-corrected chi connectivity index (χ1v) is 6.77. The van der Waals surface area contributed by atoms with E-state index in [-0.39, 0.29) is 11.9 Å². The first kappa shape index (κ1) is 13.2. The largest absolute Gasteiger partial charge is 0.387 e. The number of halogens is 1. The van der Waals surface area contributed by atoms with E-state index in [4.69, 9.17) is 0 Å². The number of hydrogen-bond acceptors (Lipinski definition) is 4. The Bertz CT molecular complexity index is 560. The van der Waals surface area contributed by atoms with Gasteiger partial charge in [-0.25, -0.2) is 9.37 Å². The van der Waals surface area contributed by atoms with Crippen molar-refractivity contribution in [2.75, 3.05) is 13.1 Å². The molecule has 1 saturated heterocycles. The Labute approximate surface area is 116 Å². The Morgan fingerprint density at radius 2 is 2.30 bits per heavy atom. The Morgan fingerprint density at radius 1 is 1.45 bits per heavy atom. The van der Waals surface area contributed by atoms with E-state index in [0.717, 1.165) is 25.2 Å². The third-order valence-corrected chi connectivity index (χ3v) is 3.78. The second-order valence-electron chi connectivity index (χ2n) is 5.06. The standard InChI is InChI=1S/C14H17FN4O/c15-11-5-2-1-4-10(11)13(20)8-19-7-3-6-12(19)14-16-9-17-18-14/h1-2,4-5,9,12-13,20H,3,6-8H2,(H,16,17,18)/t12-,13?/m0/s1. The summed E-state index contributed by atoms with van der Waals surface area (Å²) in [6.45, 7) is 1.27. The molecule has 2 heterocycles. The van der Waals surface area contributed by atoms with Crippen molar-refractivity contribution in [3.63, 3.8) is 0 Å². The minimum Gasteiger partial charge on any atom is -0.387 e. The van der Waals surface area contributed by atoms with Gasteiger partial charge in [0.25, 0.3) is 0 Å². The van der Waals surface area contributed by atoms with Crippen LogP contribution in [0.3, 0.4) is 0 Å². The number of aliphatic hydroxyl groups is 1. The van der Waals surface area contributed by atoms with Gasteiger partial charge in [0, 0.05) is 12.1 Å². The topological polar surface area (TPSA) is 65.0 Å². The van der Waals surface area contributed by atoms with Crippen LogP contribution >= 0.6 is 0 Å². The van der Waals surface area contributed by atoms with Crippen LogP contribution in [0.5, 0.6) is 0 Å². The lowest BCUT2D eigenvalue weighted by atomic mass is 10.1. The number of hydrogen-bond donors (Lipinski definition) is 2. The van der Waals surface area contributed by atoms with Crippen LogP contribution in [-0.2, 0) is 0 Å². The first-order valence-electron chi connectivity index (χ1n) is 6.77. The number of H-pyrrole nitrogens is 1. The van der Waals surface area contributed by atoms with Crippen LogP contribution in [0.1, 0.15) is 36.4 Å². The Morgan fingerprint density at radius 3 is 3.05 bits per heavy atom. The van der Waals surface area contributed by atoms with Gasteiger partial charge >= 0.3 is 0 Å². The minimum atomic E-state index is -0.834. The summed E-state index contributed by atoms with van der Waals surface area (Å²) in [5.74, 6) is 0.443. The van der Waals surface area contributed by atoms with Crippen LogP contribution in [0.15, 0.2) is 30.6 Å². The van der Waals surface area contributed by atoms with Gasteiger partial charge in [0.1, 0.15) is 18.0 Å². The Kier molecular flexibility index (Phi) is 3.75. The third kappa shape index (κ3) is 2.57. The number of aliphatic hydroxyl groups excluding tert-OH is 1. The lowest BCUT2D eigenvalue weighted by molar-refractivity contribution is 0.101. The molecule has 1 unspecified atom stereocenters. The number of nitrogens with one attached hydrogen (secondary N) is 1. The highest BCUT2D eigenvalue weighted by Crippen LogP contribution is 2.31. The average Bonchev–Trinajstić information content (AvgIpc) is 3.09. The summed E-state index contributed by atoms with van der Waals surface area (Å²) in [6, 6.07) is 6.48. The molecule has 20 heavy (non-hydrogen) atoms. The molecule has 1 aromatic heterocycles. The van der Waals surface area contributed by atoms with Gasteiger partial charge < -0.3 is 5.11 Å². The first-order chi connectivity index (χ1) is 9.75. The predicted octanol–water partition coefficient (Wildman–Crippen LogP) is 1.81. The van der Waals surface area contributed by atoms with Crippen LogP contribution in [0.25, 0.3) is 0 Å². The molecule has 5 nitrogen and oxygen atoms in total. The number of aromatic amines is 1. The zero-order chi connectivity index (χ0) is 13.9. The van der Waals surface area contributed by atoms with Crippen LogP contribution in [0.2, 0.25) is 0 Å². The van der Waals surface area contributed by atoms with Gasteiger partial charge in [0.15, 0.2) is 0 Å². The van der Waals surface area contributed by atoms with Crippen molar-refractivity contribution in [3.8, 4) is 0 Å². The van der Waals surface area contributed by atoms with Crippen LogP contribution in [0.4, 0.5) is 4.39 Å². The molecular formula is C14H17FN4O. The lowest BCUT2D eigenvalue weighted by Crippen LogP contribution is -2.29. The van der Waals surface area contributed by atoms with Crippen molar-refractivity contribution in [2.45, 2.75) is 25.0 Å². The molecule has 106 valence electrons. The number of aromatic nitrogens is 3. The number of rotatable bonds is 4. The van der Waals surface area contributed by atoms with E-state index in [2.05, 4.69) is 20.1 Å². The molecule has 1 aliphatic rings. The number of benzene rings is 1. The maximum Gasteiger partial charge on any atom is 0.141 e. The fourth-order valence-corrected chi connectivity index (χ4v) is 2.80. The second-order valence-corrected chi connectivity index (χ2v) is 5.06. The van der Waals surface area contributed by atoms with Crippen molar-refractivity contribution in [3.05, 3.63) is 47.8 Å². The monoisotopic (exact) mass is 276 g/mol. The van der Waals surface area contributed by atoms with Crippen LogP contribution in [-0.4, -0.2) is 38.3 Å². The van der Waals surface area contributed by atoms with Gasteiger partial charge in [-0.3, -0.25) is 10.00 Å². The summed E-state index contributed by atoms with van der Waals surface area (Å²) >= 11 is 0. The van der Waals surface area contributed by atoms with Crippen LogP contribution < -0.4 is 0 Å². The molecule has 0 saturated carbocycles. The molecule has 0 bridgehead atoms. The van der Waals surface area contributed by atoms with Gasteiger partial charge in [0.2, 0.25) is 0 Å². The highest BCUT2D eigenvalue weighted by molar-refractivity contribution is 5.20. The Hall–Kier alpha value is -1.79. The van der Waals surface area contributed by atoms with E-state index in [1.807, 2.05) is 0 Å². The average molecular weight is 276 g/mol. The molecule has 3 rings (SSSR count). The molecule has 2 aromatic rings. The van der Waals surface area contributed by atoms with E-state index in [1.165, 1.54) is 12.4 Å². The van der Waals surface area contributed by atoms with Gasteiger partial charge in [0.05, 0.1) is 12.1 Å². The van der Waals surface area contributed by atoms with E-state index < -0.39 is 6.10 Å². The molecule has 1 aliphatic heterocycles. The fraction of sp³-hybridized carbons (Fsp3) is 0.429. The van der Waals surface area contributed by atoms with Crippen LogP contribution in [0, 0.1) is 5.82 Å². The highest BCUT2D eigenvalue weighted by Gasteiger charge is 2.30. The number of β-amino-alcohol motifs (C(OH)–C–C–N with tert-alkyl or cyclic N) is 1. The highest BCUT2D eigenvalue weighted by atomic mass is 19.1. The van der Waals surface area contributed by atoms with Gasteiger partial charge in [-0.15, -0.1) is 0 Å². The zero-order valence-electron chi connectivity index (χ0n) is 11.0. The summed E-state index contributed by atoms with van der Waals surface area (Å²) in [5, 5.41) is 17.0. The second kappa shape index (κ2) is 5.68. The summed E-state index contributed by atoms with van der Waals surface area (Å²) in [6.07, 6.45) is 2.66. The minimum absolute atomic E-state index is 0.124. The van der Waals surface area contributed by atoms with E-state index >= 15 is 0 Å². The molecule has 0 spiro atoms. The normalized spacial score (nSPS) is 21.2. The summed E-state index contributed by atoms with van der Waals surface area (Å²) in [7, 11) is 0. The van der Waals surface area contributed by atoms with Gasteiger partial charge in [-0.1, -0.05) is 18.2 Å². The zero-order valence-corrected chi connectivity index (χ0v) is 11.0. The van der Waals surface area contributed by atoms with Crippen molar-refractivity contribution in [1.29, 1.82) is 0 Å². The van der Waals surface area contributed by atoms with E-state index in [9.17, 15) is 9.50 Å². The molecule has 2 atom stereocenters. The Balaban J connectivity index is 1.72. The molecule has 6 heteroatoms. The molecule has 1 aromatic carbocycles. The SMILES string of the molecule is OC(CN1CCC[C@H]1c1ncn[nH]1)c1ccccc1F. The van der Waals surface area contributed by atoms with Crippen molar-refractivity contribution >= 4 is 0 Å². The van der Waals surface area contributed by atoms with Crippen molar-refractivity contribution in [2.24, 2.45) is 0 Å². The molecule has 1 fully saturated rings. The van der Waals surface area contributed by atoms with Crippen molar-refractivity contribution in [1.82, 2.24) is 20.1 Å². The molecule has 2 N–H and O–H groups in total. The van der Waals surface area contributed by atoms with E-state index in [0.29, 0.717) is 12.1 Å². The molecule has 0 aliphatic carbocycles. The smallest absolute Gasteiger partial charge is 0.141 e. The maximum absolute atomic E-state index is 13.7. The summed E-state index contributed by atoms with van der Waals surface area (Å²) in [4.78, 5) is 6.30. The predicted molar refractivity (Wildman–Crippen MR) is 71.3 cm³/mol. The molecule has 0 radical (unpaired) electrons. The van der Waals surface area contributed by atoms with Gasteiger partial charge in [-0.2, -0.15) is 5.10 Å². The maximum atomic E-state index is 13.7. The number of nitrogens with zero attached hydrogens (tertiary/aromatic N) is 3. The van der Waals surface area contributed by atoms with E-state index in [1.54, 1.807) is 18.2 Å². The lowest BCUT2D eigenvalue weighted by Gasteiger charge is -2.25. The third-order valence-electron chi connectivity index (χ3n) is 3.78. The van der Waals surface area contributed by atoms with Crippen molar-refractivity contribution < 1.29 is 9.50 Å².